The number of hydrogen-bond donors (Lipinski definition) is 1. The van der Waals surface area contributed by atoms with Gasteiger partial charge in [0.2, 0.25) is 0 Å². The first-order chi connectivity index (χ1) is 12.7. The summed E-state index contributed by atoms with van der Waals surface area (Å²) in [4.78, 5) is 22.5. The van der Waals surface area contributed by atoms with Crippen molar-refractivity contribution in [2.45, 2.75) is 38.4 Å². The fourth-order valence-electron chi connectivity index (χ4n) is 3.39. The van der Waals surface area contributed by atoms with Crippen molar-refractivity contribution in [2.75, 3.05) is 7.11 Å². The zero-order valence-electron chi connectivity index (χ0n) is 15.1. The minimum atomic E-state index is -0.0716. The first kappa shape index (κ1) is 16.8. The van der Waals surface area contributed by atoms with Gasteiger partial charge in [-0.05, 0) is 49.6 Å². The molecule has 0 spiro atoms. The summed E-state index contributed by atoms with van der Waals surface area (Å²) >= 11 is 0. The molecular formula is C21H23N3O2. The largest absolute Gasteiger partial charge is 0.497 e. The average Bonchev–Trinajstić information content (AvgIpc) is 3.51. The van der Waals surface area contributed by atoms with Gasteiger partial charge in [0.05, 0.1) is 24.1 Å². The molecule has 26 heavy (non-hydrogen) atoms. The first-order valence-electron chi connectivity index (χ1n) is 9.03. The van der Waals surface area contributed by atoms with E-state index in [1.165, 1.54) is 18.4 Å². The Morgan fingerprint density at radius 1 is 1.19 bits per heavy atom. The van der Waals surface area contributed by atoms with Gasteiger partial charge in [-0.25, -0.2) is 4.98 Å². The van der Waals surface area contributed by atoms with Gasteiger partial charge in [0.15, 0.2) is 0 Å². The van der Waals surface area contributed by atoms with E-state index in [0.717, 1.165) is 23.6 Å². The molecule has 1 aromatic heterocycles. The Bertz CT molecular complexity index is 961. The summed E-state index contributed by atoms with van der Waals surface area (Å²) in [5.74, 6) is 1.59. The number of benzene rings is 2. The van der Waals surface area contributed by atoms with Gasteiger partial charge in [0.1, 0.15) is 11.6 Å². The minimum Gasteiger partial charge on any atom is -0.497 e. The predicted octanol–water partition coefficient (Wildman–Crippen LogP) is 3.66. The zero-order valence-corrected chi connectivity index (χ0v) is 15.1. The Balaban J connectivity index is 1.63. The van der Waals surface area contributed by atoms with Crippen molar-refractivity contribution in [3.05, 3.63) is 70.3 Å². The molecule has 1 heterocycles. The molecule has 0 radical (unpaired) electrons. The molecule has 0 amide bonds. The minimum absolute atomic E-state index is 0.0434. The van der Waals surface area contributed by atoms with Gasteiger partial charge in [-0.2, -0.15) is 0 Å². The highest BCUT2D eigenvalue weighted by molar-refractivity contribution is 5.77. The number of methoxy groups -OCH3 is 1. The Morgan fingerprint density at radius 2 is 1.92 bits per heavy atom. The Morgan fingerprint density at radius 3 is 2.62 bits per heavy atom. The standard InChI is InChI=1S/C21H23N3O2/c1-14(20-22-19-6-4-3-5-18(19)21(25)23-20)24(16-9-10-16)13-15-7-11-17(26-2)12-8-15/h3-8,11-12,14,16H,9-10,13H2,1-2H3,(H,22,23,25)/t14-/m1/s1. The molecule has 0 unspecified atom stereocenters. The van der Waals surface area contributed by atoms with Gasteiger partial charge in [-0.3, -0.25) is 9.69 Å². The van der Waals surface area contributed by atoms with E-state index in [0.29, 0.717) is 11.4 Å². The lowest BCUT2D eigenvalue weighted by molar-refractivity contribution is 0.183. The van der Waals surface area contributed by atoms with Crippen LogP contribution in [-0.4, -0.2) is 28.0 Å². The number of ether oxygens (including phenoxy) is 1. The van der Waals surface area contributed by atoms with Crippen LogP contribution in [0.25, 0.3) is 10.9 Å². The predicted molar refractivity (Wildman–Crippen MR) is 102 cm³/mol. The molecule has 1 aliphatic rings. The molecule has 5 heteroatoms. The number of H-pyrrole nitrogens is 1. The van der Waals surface area contributed by atoms with E-state index in [4.69, 9.17) is 9.72 Å². The van der Waals surface area contributed by atoms with Crippen LogP contribution in [0, 0.1) is 0 Å². The Hall–Kier alpha value is -2.66. The highest BCUT2D eigenvalue weighted by Gasteiger charge is 2.33. The second-order valence-corrected chi connectivity index (χ2v) is 6.90. The van der Waals surface area contributed by atoms with Crippen LogP contribution in [0.4, 0.5) is 0 Å². The quantitative estimate of drug-likeness (QED) is 0.738. The number of rotatable bonds is 6. The summed E-state index contributed by atoms with van der Waals surface area (Å²) in [7, 11) is 1.68. The zero-order chi connectivity index (χ0) is 18.1. The average molecular weight is 349 g/mol. The van der Waals surface area contributed by atoms with Crippen LogP contribution in [-0.2, 0) is 6.54 Å². The van der Waals surface area contributed by atoms with Gasteiger partial charge < -0.3 is 9.72 Å². The molecular weight excluding hydrogens is 326 g/mol. The SMILES string of the molecule is COc1ccc(CN(C2CC2)[C@H](C)c2nc3ccccc3c(=O)[nH]2)cc1. The van der Waals surface area contributed by atoms with Crippen LogP contribution >= 0.6 is 0 Å². The van der Waals surface area contributed by atoms with Gasteiger partial charge in [-0.1, -0.05) is 24.3 Å². The van der Waals surface area contributed by atoms with E-state index in [-0.39, 0.29) is 11.6 Å². The van der Waals surface area contributed by atoms with Crippen LogP contribution in [0.3, 0.4) is 0 Å². The molecule has 0 bridgehead atoms. The van der Waals surface area contributed by atoms with E-state index >= 15 is 0 Å². The monoisotopic (exact) mass is 349 g/mol. The van der Waals surface area contributed by atoms with Crippen molar-refractivity contribution in [3.63, 3.8) is 0 Å². The smallest absolute Gasteiger partial charge is 0.258 e. The van der Waals surface area contributed by atoms with Crippen LogP contribution in [0.15, 0.2) is 53.3 Å². The maximum atomic E-state index is 12.4. The number of aromatic nitrogens is 2. The molecule has 134 valence electrons. The van der Waals surface area contributed by atoms with E-state index < -0.39 is 0 Å². The van der Waals surface area contributed by atoms with Crippen molar-refractivity contribution < 1.29 is 4.74 Å². The molecule has 1 atom stereocenters. The topological polar surface area (TPSA) is 58.2 Å². The molecule has 0 aliphatic heterocycles. The van der Waals surface area contributed by atoms with Gasteiger partial charge in [0.25, 0.3) is 5.56 Å². The normalized spacial score (nSPS) is 15.3. The van der Waals surface area contributed by atoms with Crippen LogP contribution in [0.2, 0.25) is 0 Å². The lowest BCUT2D eigenvalue weighted by atomic mass is 10.1. The third kappa shape index (κ3) is 3.35. The van der Waals surface area contributed by atoms with Crippen LogP contribution in [0.1, 0.15) is 37.2 Å². The summed E-state index contributed by atoms with van der Waals surface area (Å²) in [6, 6.07) is 16.2. The molecule has 1 N–H and O–H groups in total. The van der Waals surface area contributed by atoms with Crippen molar-refractivity contribution in [3.8, 4) is 5.75 Å². The van der Waals surface area contributed by atoms with E-state index in [1.54, 1.807) is 7.11 Å². The number of para-hydroxylation sites is 1. The number of hydrogen-bond acceptors (Lipinski definition) is 4. The second kappa shape index (κ2) is 6.92. The summed E-state index contributed by atoms with van der Waals surface area (Å²) in [5.41, 5.74) is 1.91. The maximum Gasteiger partial charge on any atom is 0.258 e. The fraction of sp³-hybridized carbons (Fsp3) is 0.333. The van der Waals surface area contributed by atoms with Gasteiger partial charge >= 0.3 is 0 Å². The third-order valence-electron chi connectivity index (χ3n) is 5.06. The van der Waals surface area contributed by atoms with E-state index in [9.17, 15) is 4.79 Å². The van der Waals surface area contributed by atoms with E-state index in [2.05, 4.69) is 28.9 Å². The van der Waals surface area contributed by atoms with E-state index in [1.807, 2.05) is 36.4 Å². The van der Waals surface area contributed by atoms with Crippen molar-refractivity contribution in [1.29, 1.82) is 0 Å². The molecule has 2 aromatic carbocycles. The molecule has 1 fully saturated rings. The molecule has 5 nitrogen and oxygen atoms in total. The van der Waals surface area contributed by atoms with Crippen LogP contribution < -0.4 is 10.3 Å². The highest BCUT2D eigenvalue weighted by Crippen LogP contribution is 2.35. The third-order valence-corrected chi connectivity index (χ3v) is 5.06. The first-order valence-corrected chi connectivity index (χ1v) is 9.03. The van der Waals surface area contributed by atoms with Gasteiger partial charge in [0, 0.05) is 12.6 Å². The Labute approximate surface area is 152 Å². The summed E-state index contributed by atoms with van der Waals surface area (Å²) < 4.78 is 5.24. The van der Waals surface area contributed by atoms with Gasteiger partial charge in [-0.15, -0.1) is 0 Å². The molecule has 3 aromatic rings. The van der Waals surface area contributed by atoms with Crippen LogP contribution in [0.5, 0.6) is 5.75 Å². The lowest BCUT2D eigenvalue weighted by Gasteiger charge is -2.28. The summed E-state index contributed by atoms with van der Waals surface area (Å²) in [6.45, 7) is 2.95. The number of nitrogens with zero attached hydrogens (tertiary/aromatic N) is 2. The molecule has 0 saturated heterocycles. The molecule has 1 saturated carbocycles. The van der Waals surface area contributed by atoms with Crippen molar-refractivity contribution >= 4 is 10.9 Å². The lowest BCUT2D eigenvalue weighted by Crippen LogP contribution is -2.31. The van der Waals surface area contributed by atoms with Crippen molar-refractivity contribution in [1.82, 2.24) is 14.9 Å². The number of fused-ring (bicyclic) bond motifs is 1. The molecule has 1 aliphatic carbocycles. The summed E-state index contributed by atoms with van der Waals surface area (Å²) in [5, 5.41) is 0.636. The Kier molecular flexibility index (Phi) is 4.47. The maximum absolute atomic E-state index is 12.4. The second-order valence-electron chi connectivity index (χ2n) is 6.90. The fourth-order valence-corrected chi connectivity index (χ4v) is 3.39. The highest BCUT2D eigenvalue weighted by atomic mass is 16.5. The number of aromatic amines is 1. The summed E-state index contributed by atoms with van der Waals surface area (Å²) in [6.07, 6.45) is 2.39. The molecule has 4 rings (SSSR count). The van der Waals surface area contributed by atoms with Crippen molar-refractivity contribution in [2.24, 2.45) is 0 Å². The number of nitrogens with one attached hydrogen (secondary N) is 1.